The zero-order valence-electron chi connectivity index (χ0n) is 10.9. The maximum absolute atomic E-state index is 5.75. The van der Waals surface area contributed by atoms with Crippen LogP contribution in [0.5, 0.6) is 0 Å². The van der Waals surface area contributed by atoms with Gasteiger partial charge in [-0.1, -0.05) is 19.6 Å². The van der Waals surface area contributed by atoms with Crippen molar-refractivity contribution in [3.8, 4) is 0 Å². The number of nitrogens with zero attached hydrogens (tertiary/aromatic N) is 3. The van der Waals surface area contributed by atoms with Gasteiger partial charge in [0, 0.05) is 25.9 Å². The minimum Gasteiger partial charge on any atom is -0.413 e. The largest absolute Gasteiger partial charge is 0.413 e. The van der Waals surface area contributed by atoms with Crippen LogP contribution in [-0.2, 0) is 0 Å². The molecule has 0 aliphatic rings. The van der Waals surface area contributed by atoms with Crippen molar-refractivity contribution in [3.05, 3.63) is 24.3 Å². The maximum atomic E-state index is 5.75. The van der Waals surface area contributed by atoms with Crippen molar-refractivity contribution in [1.29, 1.82) is 0 Å². The molecule has 0 unspecified atom stereocenters. The quantitative estimate of drug-likeness (QED) is 0.782. The van der Waals surface area contributed by atoms with Crippen molar-refractivity contribution in [2.75, 3.05) is 6.61 Å². The Morgan fingerprint density at radius 3 is 2.82 bits per heavy atom. The van der Waals surface area contributed by atoms with E-state index >= 15 is 0 Å². The molecule has 2 rings (SSSR count). The number of rotatable bonds is 4. The zero-order valence-corrected chi connectivity index (χ0v) is 11.9. The molecule has 0 aromatic carbocycles. The van der Waals surface area contributed by atoms with Gasteiger partial charge >= 0.3 is 0 Å². The lowest BCUT2D eigenvalue weighted by atomic mass is 10.4. The molecule has 0 aliphatic heterocycles. The number of aromatic nitrogens is 3. The molecule has 0 aliphatic carbocycles. The predicted octanol–water partition coefficient (Wildman–Crippen LogP) is 2.51. The van der Waals surface area contributed by atoms with Crippen LogP contribution in [0.1, 0.15) is 5.82 Å². The molecule has 0 saturated heterocycles. The Labute approximate surface area is 103 Å². The lowest BCUT2D eigenvalue weighted by molar-refractivity contribution is 0.130. The molecule has 2 aromatic rings. The topological polar surface area (TPSA) is 39.9 Å². The Morgan fingerprint density at radius 2 is 2.12 bits per heavy atom. The smallest absolute Gasteiger partial charge is 0.178 e. The summed E-state index contributed by atoms with van der Waals surface area (Å²) in [5.74, 6) is 0.770. The van der Waals surface area contributed by atoms with Gasteiger partial charge < -0.3 is 4.84 Å². The number of hydrogen-bond donors (Lipinski definition) is 0. The highest BCUT2D eigenvalue weighted by molar-refractivity contribution is 6.76. The van der Waals surface area contributed by atoms with Crippen molar-refractivity contribution in [1.82, 2.24) is 14.7 Å². The highest BCUT2D eigenvalue weighted by Gasteiger charge is 2.13. The van der Waals surface area contributed by atoms with Gasteiger partial charge in [-0.2, -0.15) is 4.73 Å². The van der Waals surface area contributed by atoms with E-state index in [-0.39, 0.29) is 0 Å². The summed E-state index contributed by atoms with van der Waals surface area (Å²) in [5.41, 5.74) is 0.855. The Bertz CT molecular complexity index is 516. The Kier molecular flexibility index (Phi) is 3.19. The Morgan fingerprint density at radius 1 is 1.35 bits per heavy atom. The lowest BCUT2D eigenvalue weighted by Gasteiger charge is -2.16. The van der Waals surface area contributed by atoms with Crippen molar-refractivity contribution in [2.45, 2.75) is 32.6 Å². The highest BCUT2D eigenvalue weighted by atomic mass is 28.3. The maximum Gasteiger partial charge on any atom is 0.178 e. The molecular formula is C12H19N3OSi. The van der Waals surface area contributed by atoms with E-state index < -0.39 is 8.07 Å². The number of hydrogen-bond acceptors (Lipinski definition) is 3. The van der Waals surface area contributed by atoms with Gasteiger partial charge in [-0.25, -0.2) is 9.97 Å². The van der Waals surface area contributed by atoms with E-state index in [9.17, 15) is 0 Å². The fourth-order valence-electron chi connectivity index (χ4n) is 1.53. The third kappa shape index (κ3) is 3.06. The van der Waals surface area contributed by atoms with Crippen molar-refractivity contribution in [3.63, 3.8) is 0 Å². The van der Waals surface area contributed by atoms with Crippen LogP contribution in [0.25, 0.3) is 11.0 Å². The standard InChI is InChI=1S/C12H19N3OSi/c1-10-13-9-11-5-6-15(12(11)14-10)16-7-8-17(2,3)4/h5-6,9H,7-8H2,1-4H3. The van der Waals surface area contributed by atoms with Gasteiger partial charge in [0.25, 0.3) is 0 Å². The van der Waals surface area contributed by atoms with Gasteiger partial charge in [0.1, 0.15) is 12.4 Å². The highest BCUT2D eigenvalue weighted by Crippen LogP contribution is 2.12. The van der Waals surface area contributed by atoms with E-state index in [2.05, 4.69) is 29.6 Å². The summed E-state index contributed by atoms with van der Waals surface area (Å²) in [6.45, 7) is 9.67. The predicted molar refractivity (Wildman–Crippen MR) is 71.9 cm³/mol. The third-order valence-electron chi connectivity index (χ3n) is 2.60. The molecule has 0 amide bonds. The van der Waals surface area contributed by atoms with Gasteiger partial charge in [0.05, 0.1) is 0 Å². The van der Waals surface area contributed by atoms with Crippen LogP contribution in [0.4, 0.5) is 0 Å². The molecule has 0 saturated carbocycles. The lowest BCUT2D eigenvalue weighted by Crippen LogP contribution is -2.25. The minimum absolute atomic E-state index is 0.753. The third-order valence-corrected chi connectivity index (χ3v) is 4.30. The molecule has 2 aromatic heterocycles. The molecule has 0 N–H and O–H groups in total. The van der Waals surface area contributed by atoms with Gasteiger partial charge in [-0.3, -0.25) is 0 Å². The Hall–Kier alpha value is -1.36. The summed E-state index contributed by atoms with van der Waals surface area (Å²) in [5, 5.41) is 1.02. The fourth-order valence-corrected chi connectivity index (χ4v) is 2.24. The van der Waals surface area contributed by atoms with Crippen molar-refractivity contribution >= 4 is 19.1 Å². The van der Waals surface area contributed by atoms with Crippen LogP contribution in [0.3, 0.4) is 0 Å². The van der Waals surface area contributed by atoms with Crippen LogP contribution in [-0.4, -0.2) is 29.4 Å². The van der Waals surface area contributed by atoms with Gasteiger partial charge in [-0.15, -0.1) is 0 Å². The summed E-state index contributed by atoms with van der Waals surface area (Å²) in [7, 11) is -1.04. The van der Waals surface area contributed by atoms with Crippen molar-refractivity contribution < 1.29 is 4.84 Å². The second kappa shape index (κ2) is 4.48. The first-order valence-electron chi connectivity index (χ1n) is 5.90. The number of fused-ring (bicyclic) bond motifs is 1. The molecule has 0 spiro atoms. The molecule has 0 radical (unpaired) electrons. The molecule has 0 bridgehead atoms. The summed E-state index contributed by atoms with van der Waals surface area (Å²) >= 11 is 0. The van der Waals surface area contributed by atoms with E-state index in [0.29, 0.717) is 0 Å². The number of aryl methyl sites for hydroxylation is 1. The van der Waals surface area contributed by atoms with Gasteiger partial charge in [-0.05, 0) is 19.0 Å². The van der Waals surface area contributed by atoms with E-state index in [4.69, 9.17) is 4.84 Å². The first kappa shape index (κ1) is 12.1. The molecule has 92 valence electrons. The summed E-state index contributed by atoms with van der Waals surface area (Å²) in [6, 6.07) is 3.13. The van der Waals surface area contributed by atoms with E-state index in [1.165, 1.54) is 0 Å². The van der Waals surface area contributed by atoms with E-state index in [1.54, 1.807) is 4.73 Å². The van der Waals surface area contributed by atoms with Crippen LogP contribution in [0.2, 0.25) is 25.7 Å². The molecular weight excluding hydrogens is 230 g/mol. The summed E-state index contributed by atoms with van der Waals surface area (Å²) in [4.78, 5) is 14.3. The monoisotopic (exact) mass is 249 g/mol. The summed E-state index contributed by atoms with van der Waals surface area (Å²) in [6.07, 6.45) is 3.74. The van der Waals surface area contributed by atoms with E-state index in [0.717, 1.165) is 29.5 Å². The normalized spacial score (nSPS) is 12.0. The first-order chi connectivity index (χ1) is 7.96. The van der Waals surface area contributed by atoms with E-state index in [1.807, 2.05) is 25.4 Å². The fraction of sp³-hybridized carbons (Fsp3) is 0.500. The molecule has 4 nitrogen and oxygen atoms in total. The molecule has 0 atom stereocenters. The van der Waals surface area contributed by atoms with Gasteiger partial charge in [0.2, 0.25) is 0 Å². The average molecular weight is 249 g/mol. The molecule has 2 heterocycles. The van der Waals surface area contributed by atoms with Crippen LogP contribution < -0.4 is 4.84 Å². The zero-order chi connectivity index (χ0) is 12.5. The van der Waals surface area contributed by atoms with Crippen molar-refractivity contribution in [2.24, 2.45) is 0 Å². The van der Waals surface area contributed by atoms with Crippen LogP contribution in [0, 0.1) is 6.92 Å². The molecule has 5 heteroatoms. The van der Waals surface area contributed by atoms with Gasteiger partial charge in [0.15, 0.2) is 5.65 Å². The first-order valence-corrected chi connectivity index (χ1v) is 9.60. The SMILES string of the molecule is Cc1ncc2ccn(OCC[Si](C)(C)C)c2n1. The van der Waals surface area contributed by atoms with Crippen LogP contribution in [0.15, 0.2) is 18.5 Å². The second-order valence-electron chi connectivity index (χ2n) is 5.48. The molecule has 0 fully saturated rings. The minimum atomic E-state index is -1.04. The Balaban J connectivity index is 2.11. The molecule has 17 heavy (non-hydrogen) atoms. The second-order valence-corrected chi connectivity index (χ2v) is 11.1. The van der Waals surface area contributed by atoms with Crippen LogP contribution >= 0.6 is 0 Å². The summed E-state index contributed by atoms with van der Waals surface area (Å²) < 4.78 is 1.75. The average Bonchev–Trinajstić information content (AvgIpc) is 2.59.